The van der Waals surface area contributed by atoms with Gasteiger partial charge >= 0.3 is 5.97 Å². The maximum atomic E-state index is 12.8. The Morgan fingerprint density at radius 3 is 2.57 bits per heavy atom. The van der Waals surface area contributed by atoms with Crippen molar-refractivity contribution < 1.29 is 19.5 Å². The molecule has 1 saturated heterocycles. The lowest BCUT2D eigenvalue weighted by molar-refractivity contribution is -0.144. The van der Waals surface area contributed by atoms with Gasteiger partial charge in [0, 0.05) is 13.1 Å². The van der Waals surface area contributed by atoms with Crippen molar-refractivity contribution in [3.8, 4) is 0 Å². The van der Waals surface area contributed by atoms with E-state index >= 15 is 0 Å². The van der Waals surface area contributed by atoms with Crippen molar-refractivity contribution in [1.82, 2.24) is 10.2 Å². The zero-order chi connectivity index (χ0) is 22.1. The standard InChI is InChI=1S/C20H30N6O4/c21-14(12-13-6-2-1-3-7-13)18(28)26-11-5-9-16(26)17(27)25-15(19(29)30)8-4-10-24-20(22)23/h1-3,6-7,14-16H,4-5,8-12,21H2,(H,25,27)(H,29,30)(H4,22,23,24)/t14-,15-,16+/m0/s1. The first kappa shape index (κ1) is 23.1. The molecule has 30 heavy (non-hydrogen) atoms. The number of benzene rings is 1. The number of nitrogens with two attached hydrogens (primary N) is 3. The van der Waals surface area contributed by atoms with E-state index < -0.39 is 30.0 Å². The van der Waals surface area contributed by atoms with E-state index in [-0.39, 0.29) is 24.8 Å². The number of rotatable bonds is 10. The lowest BCUT2D eigenvalue weighted by Gasteiger charge is -2.27. The van der Waals surface area contributed by atoms with Crippen molar-refractivity contribution in [3.63, 3.8) is 0 Å². The van der Waals surface area contributed by atoms with E-state index in [1.54, 1.807) is 0 Å². The molecule has 1 aliphatic rings. The van der Waals surface area contributed by atoms with E-state index in [0.717, 1.165) is 5.56 Å². The first-order chi connectivity index (χ1) is 14.3. The summed E-state index contributed by atoms with van der Waals surface area (Å²) in [5.41, 5.74) is 17.5. The highest BCUT2D eigenvalue weighted by atomic mass is 16.4. The van der Waals surface area contributed by atoms with Gasteiger partial charge in [-0.25, -0.2) is 4.79 Å². The summed E-state index contributed by atoms with van der Waals surface area (Å²) in [6.07, 6.45) is 2.06. The van der Waals surface area contributed by atoms with Gasteiger partial charge in [0.2, 0.25) is 11.8 Å². The number of hydrogen-bond acceptors (Lipinski definition) is 5. The van der Waals surface area contributed by atoms with Gasteiger partial charge in [-0.05, 0) is 37.7 Å². The molecule has 0 spiro atoms. The molecule has 0 radical (unpaired) electrons. The number of carboxylic acids is 1. The van der Waals surface area contributed by atoms with E-state index in [9.17, 15) is 19.5 Å². The average Bonchev–Trinajstić information content (AvgIpc) is 3.19. The topological polar surface area (TPSA) is 177 Å². The van der Waals surface area contributed by atoms with Crippen LogP contribution in [-0.2, 0) is 20.8 Å². The molecule has 0 bridgehead atoms. The SMILES string of the molecule is NC(N)=NCCC[C@H](NC(=O)[C@H]1CCCN1C(=O)[C@@H](N)Cc1ccccc1)C(=O)O. The largest absolute Gasteiger partial charge is 0.480 e. The van der Waals surface area contributed by atoms with E-state index in [1.807, 2.05) is 30.3 Å². The predicted octanol–water partition coefficient (Wildman–Crippen LogP) is -0.830. The number of carboxylic acid groups (broad SMARTS) is 1. The van der Waals surface area contributed by atoms with Crippen molar-refractivity contribution in [3.05, 3.63) is 35.9 Å². The molecule has 1 aliphatic heterocycles. The number of aliphatic imine (C=N–C) groups is 1. The van der Waals surface area contributed by atoms with E-state index in [0.29, 0.717) is 32.2 Å². The van der Waals surface area contributed by atoms with Crippen molar-refractivity contribution >= 4 is 23.7 Å². The van der Waals surface area contributed by atoms with Crippen LogP contribution in [-0.4, -0.2) is 65.0 Å². The Morgan fingerprint density at radius 1 is 1.23 bits per heavy atom. The van der Waals surface area contributed by atoms with Crippen LogP contribution in [0, 0.1) is 0 Å². The second-order valence-corrected chi connectivity index (χ2v) is 7.33. The quantitative estimate of drug-likeness (QED) is 0.187. The van der Waals surface area contributed by atoms with Gasteiger partial charge < -0.3 is 32.5 Å². The Morgan fingerprint density at radius 2 is 1.93 bits per heavy atom. The van der Waals surface area contributed by atoms with Gasteiger partial charge in [0.05, 0.1) is 6.04 Å². The van der Waals surface area contributed by atoms with Gasteiger partial charge in [-0.1, -0.05) is 30.3 Å². The molecule has 1 aromatic carbocycles. The molecule has 1 heterocycles. The Hall–Kier alpha value is -3.14. The fourth-order valence-electron chi connectivity index (χ4n) is 3.50. The third-order valence-electron chi connectivity index (χ3n) is 5.01. The number of aliphatic carboxylic acids is 1. The van der Waals surface area contributed by atoms with Crippen molar-refractivity contribution in [1.29, 1.82) is 0 Å². The Kier molecular flexibility index (Phi) is 8.60. The molecule has 0 aromatic heterocycles. The van der Waals surface area contributed by atoms with Crippen LogP contribution in [0.25, 0.3) is 0 Å². The maximum Gasteiger partial charge on any atom is 0.326 e. The predicted molar refractivity (Wildman–Crippen MR) is 112 cm³/mol. The molecule has 10 heteroatoms. The molecule has 10 nitrogen and oxygen atoms in total. The van der Waals surface area contributed by atoms with Crippen molar-refractivity contribution in [2.24, 2.45) is 22.2 Å². The summed E-state index contributed by atoms with van der Waals surface area (Å²) in [7, 11) is 0. The van der Waals surface area contributed by atoms with E-state index in [2.05, 4.69) is 10.3 Å². The normalized spacial score (nSPS) is 17.8. The van der Waals surface area contributed by atoms with Crippen LogP contribution in [0.2, 0.25) is 0 Å². The van der Waals surface area contributed by atoms with E-state index in [4.69, 9.17) is 17.2 Å². The summed E-state index contributed by atoms with van der Waals surface area (Å²) >= 11 is 0. The first-order valence-corrected chi connectivity index (χ1v) is 9.98. The van der Waals surface area contributed by atoms with Crippen molar-refractivity contribution in [2.75, 3.05) is 13.1 Å². The van der Waals surface area contributed by atoms with Crippen LogP contribution < -0.4 is 22.5 Å². The highest BCUT2D eigenvalue weighted by Crippen LogP contribution is 2.19. The molecule has 2 rings (SSSR count). The van der Waals surface area contributed by atoms with Crippen LogP contribution in [0.5, 0.6) is 0 Å². The maximum absolute atomic E-state index is 12.8. The summed E-state index contributed by atoms with van der Waals surface area (Å²) < 4.78 is 0. The number of amides is 2. The molecule has 3 atom stereocenters. The number of guanidine groups is 1. The summed E-state index contributed by atoms with van der Waals surface area (Å²) in [6.45, 7) is 0.687. The molecular formula is C20H30N6O4. The molecule has 1 aromatic rings. The monoisotopic (exact) mass is 418 g/mol. The molecule has 164 valence electrons. The number of nitrogens with one attached hydrogen (secondary N) is 1. The molecule has 0 unspecified atom stereocenters. The molecular weight excluding hydrogens is 388 g/mol. The number of carbonyl (C=O) groups is 3. The number of hydrogen-bond donors (Lipinski definition) is 5. The van der Waals surface area contributed by atoms with E-state index in [1.165, 1.54) is 4.90 Å². The fourth-order valence-corrected chi connectivity index (χ4v) is 3.50. The minimum Gasteiger partial charge on any atom is -0.480 e. The smallest absolute Gasteiger partial charge is 0.326 e. The fraction of sp³-hybridized carbons (Fsp3) is 0.500. The highest BCUT2D eigenvalue weighted by molar-refractivity contribution is 5.92. The second kappa shape index (κ2) is 11.1. The number of likely N-dealkylation sites (tertiary alicyclic amines) is 1. The van der Waals surface area contributed by atoms with Gasteiger partial charge in [-0.2, -0.15) is 0 Å². The zero-order valence-electron chi connectivity index (χ0n) is 16.9. The zero-order valence-corrected chi connectivity index (χ0v) is 16.9. The highest BCUT2D eigenvalue weighted by Gasteiger charge is 2.37. The lowest BCUT2D eigenvalue weighted by Crippen LogP contribution is -2.54. The third-order valence-corrected chi connectivity index (χ3v) is 5.01. The first-order valence-electron chi connectivity index (χ1n) is 9.98. The van der Waals surface area contributed by atoms with Crippen LogP contribution >= 0.6 is 0 Å². The summed E-state index contributed by atoms with van der Waals surface area (Å²) in [6, 6.07) is 6.84. The van der Waals surface area contributed by atoms with Crippen LogP contribution in [0.3, 0.4) is 0 Å². The summed E-state index contributed by atoms with van der Waals surface area (Å²) in [5.74, 6) is -2.01. The summed E-state index contributed by atoms with van der Waals surface area (Å²) in [4.78, 5) is 42.3. The average molecular weight is 418 g/mol. The van der Waals surface area contributed by atoms with Crippen LogP contribution in [0.1, 0.15) is 31.2 Å². The van der Waals surface area contributed by atoms with Gasteiger partial charge in [-0.15, -0.1) is 0 Å². The molecule has 8 N–H and O–H groups in total. The Bertz CT molecular complexity index is 766. The van der Waals surface area contributed by atoms with Crippen LogP contribution in [0.15, 0.2) is 35.3 Å². The molecule has 0 aliphatic carbocycles. The summed E-state index contributed by atoms with van der Waals surface area (Å²) in [5, 5.41) is 11.9. The minimum absolute atomic E-state index is 0.0714. The van der Waals surface area contributed by atoms with Gasteiger partial charge in [0.15, 0.2) is 5.96 Å². The Balaban J connectivity index is 1.95. The molecule has 1 fully saturated rings. The minimum atomic E-state index is -1.15. The molecule has 0 saturated carbocycles. The number of nitrogens with zero attached hydrogens (tertiary/aromatic N) is 2. The number of carbonyl (C=O) groups excluding carboxylic acids is 2. The van der Waals surface area contributed by atoms with Crippen LogP contribution in [0.4, 0.5) is 0 Å². The second-order valence-electron chi connectivity index (χ2n) is 7.33. The van der Waals surface area contributed by atoms with Gasteiger partial charge in [0.1, 0.15) is 12.1 Å². The van der Waals surface area contributed by atoms with Crippen molar-refractivity contribution in [2.45, 2.75) is 50.2 Å². The van der Waals surface area contributed by atoms with Gasteiger partial charge in [-0.3, -0.25) is 14.6 Å². The third kappa shape index (κ3) is 6.73. The lowest BCUT2D eigenvalue weighted by atomic mass is 10.0. The van der Waals surface area contributed by atoms with Gasteiger partial charge in [0.25, 0.3) is 0 Å². The Labute approximate surface area is 175 Å². The molecule has 2 amide bonds.